The van der Waals surface area contributed by atoms with Crippen molar-refractivity contribution in [1.82, 2.24) is 4.90 Å². The van der Waals surface area contributed by atoms with Crippen molar-refractivity contribution in [2.24, 2.45) is 5.92 Å². The average Bonchev–Trinajstić information content (AvgIpc) is 2.63. The minimum Gasteiger partial charge on any atom is -0.341 e. The third kappa shape index (κ3) is 3.66. The van der Waals surface area contributed by atoms with E-state index < -0.39 is 5.92 Å². The van der Waals surface area contributed by atoms with Crippen molar-refractivity contribution >= 4 is 11.7 Å². The lowest BCUT2D eigenvalue weighted by molar-refractivity contribution is -0.140. The van der Waals surface area contributed by atoms with Gasteiger partial charge in [0.2, 0.25) is 5.91 Å². The van der Waals surface area contributed by atoms with Crippen LogP contribution in [-0.2, 0) is 16.1 Å². The highest BCUT2D eigenvalue weighted by atomic mass is 16.2. The lowest BCUT2D eigenvalue weighted by atomic mass is 9.97. The zero-order chi connectivity index (χ0) is 13.7. The summed E-state index contributed by atoms with van der Waals surface area (Å²) in [5.41, 5.74) is 1.10. The number of nitrogens with zero attached hydrogens (tertiary/aromatic N) is 1. The van der Waals surface area contributed by atoms with E-state index in [2.05, 4.69) is 0 Å². The van der Waals surface area contributed by atoms with E-state index in [1.165, 1.54) is 0 Å². The van der Waals surface area contributed by atoms with Crippen molar-refractivity contribution < 1.29 is 9.59 Å². The molecule has 1 fully saturated rings. The molecule has 1 unspecified atom stereocenters. The lowest BCUT2D eigenvalue weighted by Crippen LogP contribution is -2.36. The molecule has 0 heterocycles. The van der Waals surface area contributed by atoms with Gasteiger partial charge in [-0.05, 0) is 18.4 Å². The van der Waals surface area contributed by atoms with Gasteiger partial charge in [0.1, 0.15) is 5.78 Å². The molecule has 1 aromatic carbocycles. The lowest BCUT2D eigenvalue weighted by Gasteiger charge is -2.22. The Kier molecular flexibility index (Phi) is 4.72. The number of rotatable bonds is 3. The third-order valence-corrected chi connectivity index (χ3v) is 3.74. The van der Waals surface area contributed by atoms with Gasteiger partial charge < -0.3 is 4.90 Å². The number of hydrogen-bond acceptors (Lipinski definition) is 2. The predicted octanol–water partition coefficient (Wildman–Crippen LogP) is 2.79. The van der Waals surface area contributed by atoms with Crippen LogP contribution in [0.4, 0.5) is 0 Å². The van der Waals surface area contributed by atoms with Crippen LogP contribution in [0.25, 0.3) is 0 Å². The summed E-state index contributed by atoms with van der Waals surface area (Å²) in [6.07, 6.45) is 4.27. The Morgan fingerprint density at radius 1 is 1.21 bits per heavy atom. The van der Waals surface area contributed by atoms with Crippen LogP contribution in [0.5, 0.6) is 0 Å². The van der Waals surface area contributed by atoms with Crippen molar-refractivity contribution in [3.63, 3.8) is 0 Å². The second-order valence-electron chi connectivity index (χ2n) is 5.30. The largest absolute Gasteiger partial charge is 0.341 e. The molecule has 3 nitrogen and oxygen atoms in total. The Hall–Kier alpha value is -1.64. The summed E-state index contributed by atoms with van der Waals surface area (Å²) in [6, 6.07) is 9.88. The molecule has 1 atom stereocenters. The van der Waals surface area contributed by atoms with Crippen LogP contribution in [-0.4, -0.2) is 23.6 Å². The van der Waals surface area contributed by atoms with E-state index in [0.717, 1.165) is 31.2 Å². The molecule has 0 aliphatic heterocycles. The molecule has 0 radical (unpaired) electrons. The molecule has 19 heavy (non-hydrogen) atoms. The van der Waals surface area contributed by atoms with E-state index in [4.69, 9.17) is 0 Å². The van der Waals surface area contributed by atoms with E-state index in [-0.39, 0.29) is 11.7 Å². The van der Waals surface area contributed by atoms with Crippen molar-refractivity contribution in [1.29, 1.82) is 0 Å². The van der Waals surface area contributed by atoms with E-state index in [9.17, 15) is 9.59 Å². The quantitative estimate of drug-likeness (QED) is 0.618. The SMILES string of the molecule is CN(Cc1ccccc1)C(=O)C1CCCCCC1=O. The van der Waals surface area contributed by atoms with Crippen LogP contribution < -0.4 is 0 Å². The van der Waals surface area contributed by atoms with Gasteiger partial charge in [0.25, 0.3) is 0 Å². The summed E-state index contributed by atoms with van der Waals surface area (Å²) >= 11 is 0. The van der Waals surface area contributed by atoms with Crippen LogP contribution in [0.1, 0.15) is 37.7 Å². The fourth-order valence-electron chi connectivity index (χ4n) is 2.62. The monoisotopic (exact) mass is 259 g/mol. The number of hydrogen-bond donors (Lipinski definition) is 0. The Morgan fingerprint density at radius 2 is 1.95 bits per heavy atom. The molecule has 3 heteroatoms. The van der Waals surface area contributed by atoms with E-state index in [0.29, 0.717) is 13.0 Å². The van der Waals surface area contributed by atoms with E-state index in [1.54, 1.807) is 11.9 Å². The zero-order valence-electron chi connectivity index (χ0n) is 11.5. The van der Waals surface area contributed by atoms with Gasteiger partial charge in [-0.1, -0.05) is 43.2 Å². The Balaban J connectivity index is 1.99. The smallest absolute Gasteiger partial charge is 0.233 e. The van der Waals surface area contributed by atoms with Crippen LogP contribution in [0.3, 0.4) is 0 Å². The van der Waals surface area contributed by atoms with Crippen LogP contribution >= 0.6 is 0 Å². The normalized spacial score (nSPS) is 19.8. The van der Waals surface area contributed by atoms with Crippen LogP contribution in [0, 0.1) is 5.92 Å². The Morgan fingerprint density at radius 3 is 2.68 bits per heavy atom. The molecule has 0 bridgehead atoms. The molecule has 102 valence electrons. The first kappa shape index (κ1) is 13.8. The number of Topliss-reactive ketones (excluding diaryl/α,β-unsaturated/α-hetero) is 1. The second kappa shape index (κ2) is 6.50. The highest BCUT2D eigenvalue weighted by Crippen LogP contribution is 2.22. The van der Waals surface area contributed by atoms with Crippen molar-refractivity contribution in [2.75, 3.05) is 7.05 Å². The summed E-state index contributed by atoms with van der Waals surface area (Å²) < 4.78 is 0. The number of ketones is 1. The second-order valence-corrected chi connectivity index (χ2v) is 5.30. The maximum Gasteiger partial charge on any atom is 0.233 e. The molecule has 0 N–H and O–H groups in total. The summed E-state index contributed by atoms with van der Waals surface area (Å²) in [4.78, 5) is 26.0. The van der Waals surface area contributed by atoms with E-state index in [1.807, 2.05) is 30.3 Å². The molecule has 2 rings (SSSR count). The van der Waals surface area contributed by atoms with Crippen molar-refractivity contribution in [3.8, 4) is 0 Å². The molecule has 0 saturated heterocycles. The standard InChI is InChI=1S/C16H21NO2/c1-17(12-13-8-4-2-5-9-13)16(19)14-10-6-3-7-11-15(14)18/h2,4-5,8-9,14H,3,6-7,10-12H2,1H3. The molecule has 1 aromatic rings. The minimum absolute atomic E-state index is 0.0178. The fraction of sp³-hybridized carbons (Fsp3) is 0.500. The topological polar surface area (TPSA) is 37.4 Å². The molecular weight excluding hydrogens is 238 g/mol. The van der Waals surface area contributed by atoms with Gasteiger partial charge in [0, 0.05) is 20.0 Å². The van der Waals surface area contributed by atoms with Gasteiger partial charge in [0.15, 0.2) is 0 Å². The number of amides is 1. The van der Waals surface area contributed by atoms with Crippen LogP contribution in [0.2, 0.25) is 0 Å². The molecule has 0 aromatic heterocycles. The first-order valence-corrected chi connectivity index (χ1v) is 7.00. The van der Waals surface area contributed by atoms with Gasteiger partial charge in [-0.2, -0.15) is 0 Å². The summed E-state index contributed by atoms with van der Waals surface area (Å²) in [5.74, 6) is -0.297. The number of carbonyl (C=O) groups is 2. The van der Waals surface area contributed by atoms with Gasteiger partial charge in [0.05, 0.1) is 5.92 Å². The molecular formula is C16H21NO2. The fourth-order valence-corrected chi connectivity index (χ4v) is 2.62. The molecule has 1 saturated carbocycles. The minimum atomic E-state index is -0.406. The Labute approximate surface area is 114 Å². The molecule has 0 spiro atoms. The first-order chi connectivity index (χ1) is 9.18. The molecule has 1 aliphatic carbocycles. The van der Waals surface area contributed by atoms with Gasteiger partial charge >= 0.3 is 0 Å². The zero-order valence-corrected chi connectivity index (χ0v) is 11.5. The van der Waals surface area contributed by atoms with E-state index >= 15 is 0 Å². The molecule has 1 amide bonds. The maximum atomic E-state index is 12.4. The number of carbonyl (C=O) groups excluding carboxylic acids is 2. The summed E-state index contributed by atoms with van der Waals surface area (Å²) in [7, 11) is 1.79. The van der Waals surface area contributed by atoms with Gasteiger partial charge in [-0.3, -0.25) is 9.59 Å². The molecule has 1 aliphatic rings. The highest BCUT2D eigenvalue weighted by Gasteiger charge is 2.29. The average molecular weight is 259 g/mol. The van der Waals surface area contributed by atoms with Gasteiger partial charge in [-0.15, -0.1) is 0 Å². The maximum absolute atomic E-state index is 12.4. The summed E-state index contributed by atoms with van der Waals surface area (Å²) in [5, 5.41) is 0. The predicted molar refractivity (Wildman–Crippen MR) is 74.5 cm³/mol. The van der Waals surface area contributed by atoms with Gasteiger partial charge in [-0.25, -0.2) is 0 Å². The van der Waals surface area contributed by atoms with Crippen LogP contribution in [0.15, 0.2) is 30.3 Å². The third-order valence-electron chi connectivity index (χ3n) is 3.74. The van der Waals surface area contributed by atoms with Crippen molar-refractivity contribution in [2.45, 2.75) is 38.6 Å². The highest BCUT2D eigenvalue weighted by molar-refractivity contribution is 6.01. The Bertz CT molecular complexity index is 441. The summed E-state index contributed by atoms with van der Waals surface area (Å²) in [6.45, 7) is 0.573. The first-order valence-electron chi connectivity index (χ1n) is 7.00. The number of benzene rings is 1. The van der Waals surface area contributed by atoms with Crippen molar-refractivity contribution in [3.05, 3.63) is 35.9 Å².